The molecule has 0 saturated heterocycles. The summed E-state index contributed by atoms with van der Waals surface area (Å²) < 4.78 is 6.75. The molecule has 0 unspecified atom stereocenters. The molecule has 130 valence electrons. The number of nitrogens with one attached hydrogen (secondary N) is 1. The molecule has 0 aliphatic rings. The van der Waals surface area contributed by atoms with E-state index in [0.717, 1.165) is 17.1 Å². The van der Waals surface area contributed by atoms with E-state index in [1.165, 1.54) is 11.3 Å². The van der Waals surface area contributed by atoms with Crippen LogP contribution in [0.2, 0.25) is 5.02 Å². The van der Waals surface area contributed by atoms with Crippen molar-refractivity contribution in [2.24, 2.45) is 0 Å². The lowest BCUT2D eigenvalue weighted by molar-refractivity contribution is 0.101. The van der Waals surface area contributed by atoms with Gasteiger partial charge in [0.1, 0.15) is 10.7 Å². The molecule has 0 atom stereocenters. The molecule has 10 heteroatoms. The first-order valence-electron chi connectivity index (χ1n) is 7.45. The summed E-state index contributed by atoms with van der Waals surface area (Å²) >= 11 is 7.24. The van der Waals surface area contributed by atoms with Crippen molar-refractivity contribution < 1.29 is 9.53 Å². The Labute approximate surface area is 152 Å². The van der Waals surface area contributed by atoms with E-state index < -0.39 is 5.91 Å². The first kappa shape index (κ1) is 17.5. The summed E-state index contributed by atoms with van der Waals surface area (Å²) in [6.07, 6.45) is 0.759. The number of rotatable bonds is 6. The number of carbonyl (C=O) groups is 1. The van der Waals surface area contributed by atoms with Crippen molar-refractivity contribution in [3.05, 3.63) is 45.7 Å². The quantitative estimate of drug-likeness (QED) is 0.708. The second-order valence-electron chi connectivity index (χ2n) is 5.01. The zero-order valence-corrected chi connectivity index (χ0v) is 15.1. The number of amides is 1. The normalized spacial score (nSPS) is 10.8. The van der Waals surface area contributed by atoms with E-state index in [1.54, 1.807) is 36.1 Å². The number of aromatic nitrogens is 5. The van der Waals surface area contributed by atoms with Gasteiger partial charge in [-0.05, 0) is 30.7 Å². The number of hydrogen-bond acceptors (Lipinski definition) is 7. The number of ether oxygens (including phenoxy) is 1. The molecule has 2 heterocycles. The standard InChI is InChI=1S/C15H15ClN6O2S/c1-3-12-18-20-15(25-12)17-14(23)13-11(8-24-2)22(21-19-13)10-6-4-9(16)5-7-10/h4-7H,3,8H2,1-2H3,(H,17,20,23). The third-order valence-corrected chi connectivity index (χ3v) is 4.56. The number of hydrogen-bond donors (Lipinski definition) is 1. The third kappa shape index (κ3) is 3.84. The van der Waals surface area contributed by atoms with E-state index in [1.807, 2.05) is 6.92 Å². The van der Waals surface area contributed by atoms with Crippen LogP contribution in [-0.2, 0) is 17.8 Å². The molecule has 8 nitrogen and oxygen atoms in total. The van der Waals surface area contributed by atoms with Gasteiger partial charge in [0.25, 0.3) is 5.91 Å². The van der Waals surface area contributed by atoms with Gasteiger partial charge >= 0.3 is 0 Å². The first-order chi connectivity index (χ1) is 12.1. The van der Waals surface area contributed by atoms with Gasteiger partial charge in [0.15, 0.2) is 5.69 Å². The van der Waals surface area contributed by atoms with Crippen molar-refractivity contribution in [3.8, 4) is 5.69 Å². The van der Waals surface area contributed by atoms with Crippen LogP contribution in [0.5, 0.6) is 0 Å². The molecule has 3 rings (SSSR count). The van der Waals surface area contributed by atoms with Gasteiger partial charge in [-0.3, -0.25) is 10.1 Å². The summed E-state index contributed by atoms with van der Waals surface area (Å²) in [6, 6.07) is 7.05. The lowest BCUT2D eigenvalue weighted by Gasteiger charge is -2.07. The number of carbonyl (C=O) groups excluding carboxylic acids is 1. The number of aryl methyl sites for hydroxylation is 1. The summed E-state index contributed by atoms with van der Waals surface area (Å²) in [5, 5.41) is 20.6. The summed E-state index contributed by atoms with van der Waals surface area (Å²) in [5.74, 6) is -0.411. The van der Waals surface area contributed by atoms with Crippen molar-refractivity contribution in [2.45, 2.75) is 20.0 Å². The monoisotopic (exact) mass is 378 g/mol. The fourth-order valence-corrected chi connectivity index (χ4v) is 2.94. The molecule has 0 saturated carbocycles. The van der Waals surface area contributed by atoms with Crippen LogP contribution in [0.3, 0.4) is 0 Å². The average molecular weight is 379 g/mol. The van der Waals surface area contributed by atoms with Gasteiger partial charge in [0, 0.05) is 12.1 Å². The molecular formula is C15H15ClN6O2S. The minimum Gasteiger partial charge on any atom is -0.378 e. The van der Waals surface area contributed by atoms with Crippen LogP contribution in [0, 0.1) is 0 Å². The fourth-order valence-electron chi connectivity index (χ4n) is 2.14. The minimum atomic E-state index is -0.411. The van der Waals surface area contributed by atoms with Gasteiger partial charge in [0.05, 0.1) is 12.3 Å². The van der Waals surface area contributed by atoms with E-state index in [2.05, 4.69) is 25.8 Å². The maximum Gasteiger partial charge on any atom is 0.280 e. The lowest BCUT2D eigenvalue weighted by Crippen LogP contribution is -2.16. The van der Waals surface area contributed by atoms with Gasteiger partial charge in [-0.2, -0.15) is 0 Å². The molecule has 0 aliphatic heterocycles. The van der Waals surface area contributed by atoms with Gasteiger partial charge in [-0.15, -0.1) is 15.3 Å². The van der Waals surface area contributed by atoms with Gasteiger partial charge < -0.3 is 4.74 Å². The van der Waals surface area contributed by atoms with Crippen molar-refractivity contribution in [1.29, 1.82) is 0 Å². The Hall–Kier alpha value is -2.36. The summed E-state index contributed by atoms with van der Waals surface area (Å²) in [5.41, 5.74) is 1.43. The number of anilines is 1. The predicted octanol–water partition coefficient (Wildman–Crippen LogP) is 2.73. The van der Waals surface area contributed by atoms with Crippen molar-refractivity contribution >= 4 is 34.0 Å². The molecule has 1 amide bonds. The largest absolute Gasteiger partial charge is 0.378 e. The predicted molar refractivity (Wildman–Crippen MR) is 94.3 cm³/mol. The molecule has 3 aromatic rings. The topological polar surface area (TPSA) is 94.8 Å². The van der Waals surface area contributed by atoms with Crippen LogP contribution in [-0.4, -0.2) is 38.2 Å². The number of methoxy groups -OCH3 is 1. The van der Waals surface area contributed by atoms with Crippen LogP contribution >= 0.6 is 22.9 Å². The van der Waals surface area contributed by atoms with Gasteiger partial charge in [-0.25, -0.2) is 4.68 Å². The average Bonchev–Trinajstić information content (AvgIpc) is 3.23. The Morgan fingerprint density at radius 1 is 1.28 bits per heavy atom. The van der Waals surface area contributed by atoms with Crippen molar-refractivity contribution in [3.63, 3.8) is 0 Å². The molecule has 0 bridgehead atoms. The highest BCUT2D eigenvalue weighted by molar-refractivity contribution is 7.15. The minimum absolute atomic E-state index is 0.171. The first-order valence-corrected chi connectivity index (χ1v) is 8.65. The molecule has 0 fully saturated rings. The molecular weight excluding hydrogens is 364 g/mol. The molecule has 0 spiro atoms. The second-order valence-corrected chi connectivity index (χ2v) is 6.51. The van der Waals surface area contributed by atoms with Crippen LogP contribution in [0.25, 0.3) is 5.69 Å². The fraction of sp³-hybridized carbons (Fsp3) is 0.267. The number of nitrogens with zero attached hydrogens (tertiary/aromatic N) is 5. The van der Waals surface area contributed by atoms with Crippen molar-refractivity contribution in [2.75, 3.05) is 12.4 Å². The second kappa shape index (κ2) is 7.68. The van der Waals surface area contributed by atoms with Crippen LogP contribution in [0.1, 0.15) is 28.1 Å². The maximum atomic E-state index is 12.5. The smallest absolute Gasteiger partial charge is 0.280 e. The lowest BCUT2D eigenvalue weighted by atomic mass is 10.2. The summed E-state index contributed by atoms with van der Waals surface area (Å²) in [4.78, 5) is 12.5. The molecule has 25 heavy (non-hydrogen) atoms. The summed E-state index contributed by atoms with van der Waals surface area (Å²) in [6.45, 7) is 2.15. The highest BCUT2D eigenvalue weighted by Gasteiger charge is 2.21. The van der Waals surface area contributed by atoms with Crippen LogP contribution in [0.15, 0.2) is 24.3 Å². The molecule has 1 N–H and O–H groups in total. The van der Waals surface area contributed by atoms with E-state index in [-0.39, 0.29) is 12.3 Å². The van der Waals surface area contributed by atoms with Crippen molar-refractivity contribution in [1.82, 2.24) is 25.2 Å². The number of benzene rings is 1. The maximum absolute atomic E-state index is 12.5. The van der Waals surface area contributed by atoms with E-state index in [0.29, 0.717) is 15.8 Å². The highest BCUT2D eigenvalue weighted by atomic mass is 35.5. The third-order valence-electron chi connectivity index (χ3n) is 3.32. The summed E-state index contributed by atoms with van der Waals surface area (Å²) in [7, 11) is 1.54. The molecule has 2 aromatic heterocycles. The van der Waals surface area contributed by atoms with Crippen LogP contribution in [0.4, 0.5) is 5.13 Å². The van der Waals surface area contributed by atoms with Gasteiger partial charge in [0.2, 0.25) is 5.13 Å². The molecule has 0 aliphatic carbocycles. The molecule has 1 aromatic carbocycles. The van der Waals surface area contributed by atoms with Crippen LogP contribution < -0.4 is 5.32 Å². The van der Waals surface area contributed by atoms with E-state index >= 15 is 0 Å². The Kier molecular flexibility index (Phi) is 5.37. The van der Waals surface area contributed by atoms with E-state index in [4.69, 9.17) is 16.3 Å². The zero-order chi connectivity index (χ0) is 17.8. The molecule has 0 radical (unpaired) electrons. The Bertz CT molecular complexity index is 877. The SMILES string of the molecule is CCc1nnc(NC(=O)c2nnn(-c3ccc(Cl)cc3)c2COC)s1. The van der Waals surface area contributed by atoms with Gasteiger partial charge in [-0.1, -0.05) is 35.1 Å². The number of halogens is 1. The highest BCUT2D eigenvalue weighted by Crippen LogP contribution is 2.19. The Morgan fingerprint density at radius 3 is 2.68 bits per heavy atom. The van der Waals surface area contributed by atoms with E-state index in [9.17, 15) is 4.79 Å². The Balaban J connectivity index is 1.90. The Morgan fingerprint density at radius 2 is 2.04 bits per heavy atom. The zero-order valence-electron chi connectivity index (χ0n) is 13.6.